The molecule has 0 aliphatic carbocycles. The van der Waals surface area contributed by atoms with Crippen molar-refractivity contribution in [1.29, 1.82) is 0 Å². The van der Waals surface area contributed by atoms with E-state index in [0.717, 1.165) is 21.6 Å². The van der Waals surface area contributed by atoms with Crippen LogP contribution in [0.3, 0.4) is 0 Å². The average Bonchev–Trinajstić information content (AvgIpc) is 2.97. The highest BCUT2D eigenvalue weighted by atomic mass is 16.5. The highest BCUT2D eigenvalue weighted by Crippen LogP contribution is 2.46. The first-order valence-corrected chi connectivity index (χ1v) is 10.2. The average molecular weight is 433 g/mol. The van der Waals surface area contributed by atoms with Crippen LogP contribution in [0.4, 0.5) is 5.69 Å². The first-order chi connectivity index (χ1) is 15.2. The van der Waals surface area contributed by atoms with Crippen LogP contribution >= 0.6 is 0 Å². The predicted octanol–water partition coefficient (Wildman–Crippen LogP) is 2.11. The maximum absolute atomic E-state index is 12.5. The molecule has 32 heavy (non-hydrogen) atoms. The van der Waals surface area contributed by atoms with Crippen LogP contribution in [-0.4, -0.2) is 35.2 Å². The third-order valence-electron chi connectivity index (χ3n) is 5.78. The van der Waals surface area contributed by atoms with Crippen LogP contribution in [0, 0.1) is 0 Å². The van der Waals surface area contributed by atoms with E-state index < -0.39 is 30.2 Å². The minimum absolute atomic E-state index is 0.205. The topological polar surface area (TPSA) is 101 Å². The number of likely N-dealkylation sites (N-methyl/N-ethyl adjacent to an activating group) is 1. The number of carbonyl (C=O) groups is 2. The van der Waals surface area contributed by atoms with Crippen LogP contribution in [0.5, 0.6) is 0 Å². The van der Waals surface area contributed by atoms with Gasteiger partial charge in [-0.05, 0) is 23.8 Å². The zero-order valence-corrected chi connectivity index (χ0v) is 18.0. The Balaban J connectivity index is 1.46. The second-order valence-electron chi connectivity index (χ2n) is 8.24. The molecule has 0 saturated carbocycles. The second-order valence-corrected chi connectivity index (χ2v) is 8.24. The summed E-state index contributed by atoms with van der Waals surface area (Å²) in [6.45, 7) is 3.10. The molecule has 0 fully saturated rings. The van der Waals surface area contributed by atoms with Crippen LogP contribution in [0.2, 0.25) is 0 Å². The second kappa shape index (κ2) is 7.96. The van der Waals surface area contributed by atoms with E-state index in [9.17, 15) is 19.2 Å². The van der Waals surface area contributed by atoms with Gasteiger partial charge in [0.2, 0.25) is 0 Å². The van der Waals surface area contributed by atoms with Gasteiger partial charge in [-0.25, -0.2) is 4.68 Å². The summed E-state index contributed by atoms with van der Waals surface area (Å²) in [5.41, 5.74) is 1.56. The summed E-state index contributed by atoms with van der Waals surface area (Å²) in [6, 6.07) is 14.3. The summed E-state index contributed by atoms with van der Waals surface area (Å²) in [5, 5.41) is 2.82. The maximum Gasteiger partial charge on any atom is 0.328 e. The van der Waals surface area contributed by atoms with E-state index in [4.69, 9.17) is 4.74 Å². The van der Waals surface area contributed by atoms with Crippen molar-refractivity contribution in [2.75, 3.05) is 18.6 Å². The van der Waals surface area contributed by atoms with E-state index in [-0.39, 0.29) is 22.0 Å². The van der Waals surface area contributed by atoms with Crippen molar-refractivity contribution in [2.45, 2.75) is 25.8 Å². The Kier molecular flexibility index (Phi) is 5.30. The number of benzene rings is 2. The molecule has 0 amide bonds. The van der Waals surface area contributed by atoms with E-state index >= 15 is 0 Å². The van der Waals surface area contributed by atoms with Gasteiger partial charge in [-0.15, -0.1) is 0 Å². The molecule has 0 radical (unpaired) electrons. The van der Waals surface area contributed by atoms with E-state index in [0.29, 0.717) is 0 Å². The van der Waals surface area contributed by atoms with Gasteiger partial charge in [0, 0.05) is 29.9 Å². The molecular formula is C24H23N3O5. The molecule has 0 atom stereocenters. The van der Waals surface area contributed by atoms with E-state index in [2.05, 4.69) is 5.10 Å². The molecule has 1 aliphatic heterocycles. The van der Waals surface area contributed by atoms with Gasteiger partial charge in [-0.1, -0.05) is 44.2 Å². The van der Waals surface area contributed by atoms with Gasteiger partial charge < -0.3 is 9.64 Å². The molecule has 1 aliphatic rings. The summed E-state index contributed by atoms with van der Waals surface area (Å²) >= 11 is 0. The SMILES string of the molecule is CN1C(=CC(=O)COC(=O)Cn2[nH]c(=O)c3ccccc3c2=O)C(C)(C)c2ccccc21. The summed E-state index contributed by atoms with van der Waals surface area (Å²) in [6.07, 6.45) is 1.48. The van der Waals surface area contributed by atoms with Crippen LogP contribution in [-0.2, 0) is 26.3 Å². The fourth-order valence-corrected chi connectivity index (χ4v) is 4.14. The zero-order valence-electron chi connectivity index (χ0n) is 18.0. The molecule has 1 aromatic heterocycles. The molecule has 0 unspecified atom stereocenters. The summed E-state index contributed by atoms with van der Waals surface area (Å²) in [4.78, 5) is 51.4. The quantitative estimate of drug-likeness (QED) is 0.489. The molecule has 8 heteroatoms. The third-order valence-corrected chi connectivity index (χ3v) is 5.78. The van der Waals surface area contributed by atoms with Gasteiger partial charge >= 0.3 is 5.97 Å². The number of rotatable bonds is 5. The lowest BCUT2D eigenvalue weighted by Gasteiger charge is -2.23. The van der Waals surface area contributed by atoms with E-state index in [1.165, 1.54) is 18.2 Å². The van der Waals surface area contributed by atoms with Crippen LogP contribution in [0.25, 0.3) is 10.8 Å². The molecule has 3 aromatic rings. The summed E-state index contributed by atoms with van der Waals surface area (Å²) < 4.78 is 5.96. The Hall–Kier alpha value is -3.94. The van der Waals surface area contributed by atoms with Crippen molar-refractivity contribution in [3.05, 3.63) is 86.6 Å². The maximum atomic E-state index is 12.5. The molecule has 2 aromatic carbocycles. The number of anilines is 1. The van der Waals surface area contributed by atoms with Crippen molar-refractivity contribution in [3.8, 4) is 0 Å². The Labute approximate surface area is 183 Å². The Bertz CT molecular complexity index is 1380. The molecule has 1 N–H and O–H groups in total. The number of aromatic nitrogens is 2. The summed E-state index contributed by atoms with van der Waals surface area (Å²) in [5.74, 6) is -1.17. The van der Waals surface area contributed by atoms with Gasteiger partial charge in [0.05, 0.1) is 10.8 Å². The number of hydrogen-bond donors (Lipinski definition) is 1. The van der Waals surface area contributed by atoms with Crippen molar-refractivity contribution >= 4 is 28.2 Å². The number of ether oxygens (including phenoxy) is 1. The highest BCUT2D eigenvalue weighted by Gasteiger charge is 2.38. The van der Waals surface area contributed by atoms with Gasteiger partial charge in [0.1, 0.15) is 6.54 Å². The summed E-state index contributed by atoms with van der Waals surface area (Å²) in [7, 11) is 1.89. The molecule has 164 valence electrons. The number of esters is 1. The van der Waals surface area contributed by atoms with Crippen molar-refractivity contribution in [3.63, 3.8) is 0 Å². The zero-order chi connectivity index (χ0) is 23.0. The molecule has 0 spiro atoms. The molecule has 0 bridgehead atoms. The van der Waals surface area contributed by atoms with Crippen LogP contribution < -0.4 is 16.0 Å². The number of fused-ring (bicyclic) bond motifs is 2. The van der Waals surface area contributed by atoms with Gasteiger partial charge in [0.15, 0.2) is 12.4 Å². The molecule has 2 heterocycles. The van der Waals surface area contributed by atoms with Crippen molar-refractivity contribution in [2.24, 2.45) is 0 Å². The molecule has 4 rings (SSSR count). The Morgan fingerprint density at radius 2 is 1.69 bits per heavy atom. The Morgan fingerprint density at radius 1 is 1.03 bits per heavy atom. The number of ketones is 1. The van der Waals surface area contributed by atoms with Gasteiger partial charge in [-0.2, -0.15) is 0 Å². The first kappa shape index (κ1) is 21.3. The highest BCUT2D eigenvalue weighted by molar-refractivity contribution is 5.94. The number of hydrogen-bond acceptors (Lipinski definition) is 6. The number of nitrogens with zero attached hydrogens (tertiary/aromatic N) is 2. The normalized spacial score (nSPS) is 15.7. The lowest BCUT2D eigenvalue weighted by molar-refractivity contribution is -0.147. The van der Waals surface area contributed by atoms with Crippen molar-refractivity contribution in [1.82, 2.24) is 9.78 Å². The number of allylic oxidation sites excluding steroid dienone is 1. The van der Waals surface area contributed by atoms with Crippen LogP contribution in [0.15, 0.2) is 69.9 Å². The third kappa shape index (κ3) is 3.64. The smallest absolute Gasteiger partial charge is 0.328 e. The molecule has 8 nitrogen and oxygen atoms in total. The fourth-order valence-electron chi connectivity index (χ4n) is 4.14. The Morgan fingerprint density at radius 3 is 2.41 bits per heavy atom. The fraction of sp³-hybridized carbons (Fsp3) is 0.250. The lowest BCUT2D eigenvalue weighted by Crippen LogP contribution is -2.33. The van der Waals surface area contributed by atoms with Gasteiger partial charge in [0.25, 0.3) is 11.1 Å². The largest absolute Gasteiger partial charge is 0.456 e. The molecular weight excluding hydrogens is 410 g/mol. The van der Waals surface area contributed by atoms with Crippen LogP contribution in [0.1, 0.15) is 19.4 Å². The minimum atomic E-state index is -0.799. The number of para-hydroxylation sites is 1. The van der Waals surface area contributed by atoms with Gasteiger partial charge in [-0.3, -0.25) is 24.3 Å². The van der Waals surface area contributed by atoms with E-state index in [1.807, 2.05) is 50.1 Å². The monoisotopic (exact) mass is 433 g/mol. The number of nitrogens with one attached hydrogen (secondary N) is 1. The lowest BCUT2D eigenvalue weighted by atomic mass is 9.83. The minimum Gasteiger partial charge on any atom is -0.456 e. The predicted molar refractivity (Wildman–Crippen MR) is 121 cm³/mol. The number of H-pyrrole nitrogens is 1. The number of carbonyl (C=O) groups excluding carboxylic acids is 2. The number of aromatic amines is 1. The standard InChI is InChI=1S/C24H23N3O5/c1-24(2)18-10-6-7-11-19(18)26(3)20(24)12-15(28)14-32-21(29)13-27-23(31)17-9-5-4-8-16(17)22(30)25-27/h4-12H,13-14H2,1-3H3,(H,25,30). The molecule has 0 saturated heterocycles. The van der Waals surface area contributed by atoms with E-state index in [1.54, 1.807) is 12.1 Å². The first-order valence-electron chi connectivity index (χ1n) is 10.2. The van der Waals surface area contributed by atoms with Crippen molar-refractivity contribution < 1.29 is 14.3 Å².